The topological polar surface area (TPSA) is 92.7 Å². The van der Waals surface area contributed by atoms with Gasteiger partial charge in [0.05, 0.1) is 18.9 Å². The van der Waals surface area contributed by atoms with Gasteiger partial charge in [-0.05, 0) is 24.0 Å². The Labute approximate surface area is 142 Å². The molecule has 1 amide bonds. The second-order valence-corrected chi connectivity index (χ2v) is 6.59. The molecule has 0 spiro atoms. The normalized spacial score (nSPS) is 12.3. The molecule has 6 nitrogen and oxygen atoms in total. The summed E-state index contributed by atoms with van der Waals surface area (Å²) < 4.78 is 4.85. The number of carbonyl (C=O) groups excluding carboxylic acids is 2. The van der Waals surface area contributed by atoms with Crippen LogP contribution in [0.15, 0.2) is 24.3 Å². The molecule has 0 heterocycles. The zero-order valence-electron chi connectivity index (χ0n) is 14.6. The van der Waals surface area contributed by atoms with Crippen LogP contribution in [0.2, 0.25) is 0 Å². The van der Waals surface area contributed by atoms with Crippen LogP contribution in [0.3, 0.4) is 0 Å². The maximum absolute atomic E-state index is 12.3. The molecule has 1 aromatic rings. The molecule has 1 atom stereocenters. The third-order valence-corrected chi connectivity index (χ3v) is 3.48. The Morgan fingerprint density at radius 2 is 1.79 bits per heavy atom. The first-order valence-electron chi connectivity index (χ1n) is 7.93. The third kappa shape index (κ3) is 6.02. The predicted molar refractivity (Wildman–Crippen MR) is 90.8 cm³/mol. The van der Waals surface area contributed by atoms with Crippen molar-refractivity contribution >= 4 is 23.5 Å². The van der Waals surface area contributed by atoms with Crippen LogP contribution in [0.25, 0.3) is 0 Å². The van der Waals surface area contributed by atoms with E-state index in [1.54, 1.807) is 13.0 Å². The molecule has 0 aromatic heterocycles. The molecule has 0 radical (unpaired) electrons. The highest BCUT2D eigenvalue weighted by molar-refractivity contribution is 5.94. The lowest BCUT2D eigenvalue weighted by Crippen LogP contribution is -2.27. The summed E-state index contributed by atoms with van der Waals surface area (Å²) in [6.45, 7) is 7.87. The molecule has 1 rings (SSSR count). The lowest BCUT2D eigenvalue weighted by Gasteiger charge is -2.23. The second kappa shape index (κ2) is 8.47. The number of para-hydroxylation sites is 1. The van der Waals surface area contributed by atoms with E-state index in [4.69, 9.17) is 9.84 Å². The van der Waals surface area contributed by atoms with Crippen LogP contribution < -0.4 is 5.32 Å². The van der Waals surface area contributed by atoms with E-state index in [1.165, 1.54) is 0 Å². The van der Waals surface area contributed by atoms with Gasteiger partial charge in [0, 0.05) is 12.1 Å². The van der Waals surface area contributed by atoms with Gasteiger partial charge >= 0.3 is 11.9 Å². The maximum Gasteiger partial charge on any atom is 0.310 e. The maximum atomic E-state index is 12.3. The van der Waals surface area contributed by atoms with Gasteiger partial charge in [0.2, 0.25) is 5.91 Å². The van der Waals surface area contributed by atoms with E-state index < -0.39 is 30.2 Å². The largest absolute Gasteiger partial charge is 0.481 e. The fourth-order valence-electron chi connectivity index (χ4n) is 2.38. The number of carboxylic acids is 1. The third-order valence-electron chi connectivity index (χ3n) is 3.48. The van der Waals surface area contributed by atoms with E-state index in [1.807, 2.05) is 39.0 Å². The van der Waals surface area contributed by atoms with Crippen LogP contribution >= 0.6 is 0 Å². The number of hydrogen-bond acceptors (Lipinski definition) is 4. The quantitative estimate of drug-likeness (QED) is 0.747. The minimum absolute atomic E-state index is 0.142. The number of aliphatic carboxylic acids is 1. The summed E-state index contributed by atoms with van der Waals surface area (Å²) >= 11 is 0. The number of carbonyl (C=O) groups is 3. The summed E-state index contributed by atoms with van der Waals surface area (Å²) in [6.07, 6.45) is -0.670. The lowest BCUT2D eigenvalue weighted by atomic mass is 9.85. The Kier molecular flexibility index (Phi) is 6.95. The van der Waals surface area contributed by atoms with Crippen molar-refractivity contribution in [2.24, 2.45) is 5.92 Å². The van der Waals surface area contributed by atoms with E-state index >= 15 is 0 Å². The molecule has 0 bridgehead atoms. The standard InChI is InChI=1S/C18H25NO5/c1-5-24-17(23)12(11-16(21)22)10-15(20)19-14-9-7-6-8-13(14)18(2,3)4/h6-9,12H,5,10-11H2,1-4H3,(H,19,20)(H,21,22). The monoisotopic (exact) mass is 335 g/mol. The Morgan fingerprint density at radius 1 is 1.17 bits per heavy atom. The summed E-state index contributed by atoms with van der Waals surface area (Å²) in [5.41, 5.74) is 1.46. The summed E-state index contributed by atoms with van der Waals surface area (Å²) in [5, 5.41) is 11.7. The molecule has 132 valence electrons. The van der Waals surface area contributed by atoms with Crippen molar-refractivity contribution in [3.63, 3.8) is 0 Å². The average molecular weight is 335 g/mol. The second-order valence-electron chi connectivity index (χ2n) is 6.59. The molecule has 6 heteroatoms. The molecule has 0 aliphatic carbocycles. The number of ether oxygens (including phenoxy) is 1. The Hall–Kier alpha value is -2.37. The van der Waals surface area contributed by atoms with Gasteiger partial charge in [-0.3, -0.25) is 14.4 Å². The number of hydrogen-bond donors (Lipinski definition) is 2. The highest BCUT2D eigenvalue weighted by Crippen LogP contribution is 2.29. The molecule has 1 unspecified atom stereocenters. The van der Waals surface area contributed by atoms with Crippen LogP contribution in [0.4, 0.5) is 5.69 Å². The smallest absolute Gasteiger partial charge is 0.310 e. The van der Waals surface area contributed by atoms with Crippen molar-refractivity contribution in [1.29, 1.82) is 0 Å². The number of benzene rings is 1. The van der Waals surface area contributed by atoms with Crippen LogP contribution in [-0.2, 0) is 24.5 Å². The fourth-order valence-corrected chi connectivity index (χ4v) is 2.38. The van der Waals surface area contributed by atoms with Gasteiger partial charge in [0.15, 0.2) is 0 Å². The number of nitrogens with one attached hydrogen (secondary N) is 1. The van der Waals surface area contributed by atoms with Gasteiger partial charge in [-0.25, -0.2) is 0 Å². The van der Waals surface area contributed by atoms with Crippen molar-refractivity contribution in [1.82, 2.24) is 0 Å². The van der Waals surface area contributed by atoms with Crippen molar-refractivity contribution < 1.29 is 24.2 Å². The highest BCUT2D eigenvalue weighted by Gasteiger charge is 2.27. The molecular formula is C18H25NO5. The molecule has 0 saturated heterocycles. The van der Waals surface area contributed by atoms with Crippen LogP contribution in [0.1, 0.15) is 46.1 Å². The van der Waals surface area contributed by atoms with Gasteiger partial charge in [-0.1, -0.05) is 39.0 Å². The zero-order chi connectivity index (χ0) is 18.3. The van der Waals surface area contributed by atoms with Crippen LogP contribution in [0.5, 0.6) is 0 Å². The molecule has 0 aliphatic rings. The Balaban J connectivity index is 2.87. The summed E-state index contributed by atoms with van der Waals surface area (Å²) in [5.74, 6) is -3.22. The van der Waals surface area contributed by atoms with Gasteiger partial charge in [0.1, 0.15) is 0 Å². The molecule has 1 aromatic carbocycles. The van der Waals surface area contributed by atoms with E-state index in [-0.39, 0.29) is 18.4 Å². The number of anilines is 1. The fraction of sp³-hybridized carbons (Fsp3) is 0.500. The lowest BCUT2D eigenvalue weighted by molar-refractivity contribution is -0.153. The van der Waals surface area contributed by atoms with Crippen molar-refractivity contribution in [3.8, 4) is 0 Å². The first-order valence-corrected chi connectivity index (χ1v) is 7.93. The van der Waals surface area contributed by atoms with Crippen molar-refractivity contribution in [2.75, 3.05) is 11.9 Å². The molecule has 2 N–H and O–H groups in total. The Bertz CT molecular complexity index is 604. The van der Waals surface area contributed by atoms with Gasteiger partial charge < -0.3 is 15.2 Å². The molecule has 24 heavy (non-hydrogen) atoms. The molecular weight excluding hydrogens is 310 g/mol. The summed E-state index contributed by atoms with van der Waals surface area (Å²) in [6, 6.07) is 7.41. The number of esters is 1. The Morgan fingerprint density at radius 3 is 2.33 bits per heavy atom. The zero-order valence-corrected chi connectivity index (χ0v) is 14.6. The number of amides is 1. The first kappa shape index (κ1) is 19.7. The molecule has 0 fully saturated rings. The summed E-state index contributed by atoms with van der Waals surface area (Å²) in [4.78, 5) is 35.0. The predicted octanol–water partition coefficient (Wildman–Crippen LogP) is 2.97. The average Bonchev–Trinajstić information content (AvgIpc) is 2.45. The van der Waals surface area contributed by atoms with Gasteiger partial charge in [-0.15, -0.1) is 0 Å². The highest BCUT2D eigenvalue weighted by atomic mass is 16.5. The van der Waals surface area contributed by atoms with Gasteiger partial charge in [-0.2, -0.15) is 0 Å². The number of rotatable bonds is 7. The van der Waals surface area contributed by atoms with Gasteiger partial charge in [0.25, 0.3) is 0 Å². The summed E-state index contributed by atoms with van der Waals surface area (Å²) in [7, 11) is 0. The van der Waals surface area contributed by atoms with Crippen molar-refractivity contribution in [2.45, 2.75) is 46.0 Å². The van der Waals surface area contributed by atoms with Crippen molar-refractivity contribution in [3.05, 3.63) is 29.8 Å². The van der Waals surface area contributed by atoms with Crippen LogP contribution in [-0.4, -0.2) is 29.6 Å². The first-order chi connectivity index (χ1) is 11.1. The minimum atomic E-state index is -1.14. The molecule has 0 saturated carbocycles. The van der Waals surface area contributed by atoms with E-state index in [0.29, 0.717) is 5.69 Å². The SMILES string of the molecule is CCOC(=O)C(CC(=O)O)CC(=O)Nc1ccccc1C(C)(C)C. The van der Waals surface area contributed by atoms with E-state index in [9.17, 15) is 14.4 Å². The van der Waals surface area contributed by atoms with E-state index in [0.717, 1.165) is 5.56 Å². The van der Waals surface area contributed by atoms with E-state index in [2.05, 4.69) is 5.32 Å². The molecule has 0 aliphatic heterocycles. The van der Waals surface area contributed by atoms with Crippen LogP contribution in [0, 0.1) is 5.92 Å². The number of carboxylic acid groups (broad SMARTS) is 1. The minimum Gasteiger partial charge on any atom is -0.481 e.